The molecule has 4 N–H and O–H groups in total. The van der Waals surface area contributed by atoms with Crippen molar-refractivity contribution < 1.29 is 23.6 Å². The summed E-state index contributed by atoms with van der Waals surface area (Å²) in [5.41, 5.74) is -0.736. The second kappa shape index (κ2) is 11.7. The normalized spacial score (nSPS) is 13.8. The van der Waals surface area contributed by atoms with E-state index in [0.29, 0.717) is 18.5 Å². The van der Waals surface area contributed by atoms with Crippen molar-refractivity contribution in [1.29, 1.82) is 0 Å². The van der Waals surface area contributed by atoms with Crippen molar-refractivity contribution in [1.82, 2.24) is 10.6 Å². The summed E-state index contributed by atoms with van der Waals surface area (Å²) in [4.78, 5) is 34.7. The lowest BCUT2D eigenvalue weighted by atomic mass is 9.88. The number of nitrogens with one attached hydrogen (secondary N) is 3. The third-order valence-electron chi connectivity index (χ3n) is 4.59. The Bertz CT molecular complexity index is 704. The first-order valence-corrected chi connectivity index (χ1v) is 11.6. The van der Waals surface area contributed by atoms with Gasteiger partial charge in [0.25, 0.3) is 0 Å². The van der Waals surface area contributed by atoms with Crippen LogP contribution in [-0.2, 0) is 13.9 Å². The Morgan fingerprint density at radius 2 is 1.72 bits per heavy atom. The van der Waals surface area contributed by atoms with Gasteiger partial charge in [0.1, 0.15) is 6.04 Å². The molecule has 0 aliphatic heterocycles. The zero-order chi connectivity index (χ0) is 22.2. The van der Waals surface area contributed by atoms with Crippen LogP contribution in [-0.4, -0.2) is 28.6 Å². The zero-order valence-corrected chi connectivity index (χ0v) is 20.0. The maximum atomic E-state index is 13.0. The van der Waals surface area contributed by atoms with Crippen LogP contribution in [0, 0.1) is 11.8 Å². The molecule has 0 aliphatic rings. The van der Waals surface area contributed by atoms with Crippen LogP contribution >= 0.6 is 24.2 Å². The molecule has 1 rings (SSSR count). The fraction of sp³-hybridized carbons (Fsp3) is 0.579. The minimum atomic E-state index is -3.30. The molecule has 0 radical (unpaired) electrons. The Labute approximate surface area is 181 Å². The number of benzene rings is 1. The van der Waals surface area contributed by atoms with Gasteiger partial charge in [-0.05, 0) is 30.7 Å². The Kier molecular flexibility index (Phi) is 10.3. The second-order valence-electron chi connectivity index (χ2n) is 7.41. The van der Waals surface area contributed by atoms with Crippen LogP contribution in [0.3, 0.4) is 0 Å². The standard InChI is InChI=1S/C19H31BrN3O5P/c1-6-7-16(22-18(25)21-15-10-8-14(20)9-11-15)17(24)23-19(12(2)3,13(4)5)28-29(26)27/h8-13,16,29H,6-7H2,1-5H3,(H,23,24)(H,26,27)(H2,21,22,25)/t16-/m0/s1. The van der Waals surface area contributed by atoms with Gasteiger partial charge < -0.3 is 20.8 Å². The number of anilines is 1. The summed E-state index contributed by atoms with van der Waals surface area (Å²) in [7, 11) is -3.30. The Hall–Kier alpha value is -1.41. The molecule has 1 aromatic rings. The first-order chi connectivity index (χ1) is 13.5. The molecule has 164 valence electrons. The summed E-state index contributed by atoms with van der Waals surface area (Å²) in [5, 5.41) is 8.14. The number of halogens is 1. The predicted octanol–water partition coefficient (Wildman–Crippen LogP) is 4.26. The van der Waals surface area contributed by atoms with Crippen LogP contribution in [0.1, 0.15) is 47.5 Å². The minimum absolute atomic E-state index is 0.272. The molecule has 3 amide bonds. The van der Waals surface area contributed by atoms with E-state index in [2.05, 4.69) is 31.9 Å². The molecule has 29 heavy (non-hydrogen) atoms. The third-order valence-corrected chi connectivity index (χ3v) is 5.63. The minimum Gasteiger partial charge on any atom is -0.326 e. The highest BCUT2D eigenvalue weighted by Crippen LogP contribution is 2.36. The highest BCUT2D eigenvalue weighted by atomic mass is 79.9. The number of carbonyl (C=O) groups is 2. The van der Waals surface area contributed by atoms with Crippen LogP contribution < -0.4 is 16.0 Å². The molecule has 0 aromatic heterocycles. The molecule has 0 heterocycles. The van der Waals surface area contributed by atoms with Crippen LogP contribution in [0.5, 0.6) is 0 Å². The van der Waals surface area contributed by atoms with E-state index >= 15 is 0 Å². The van der Waals surface area contributed by atoms with E-state index < -0.39 is 32.0 Å². The Morgan fingerprint density at radius 1 is 1.17 bits per heavy atom. The molecule has 8 nitrogen and oxygen atoms in total. The van der Waals surface area contributed by atoms with Gasteiger partial charge >= 0.3 is 14.3 Å². The average Bonchev–Trinajstić information content (AvgIpc) is 2.61. The van der Waals surface area contributed by atoms with Crippen molar-refractivity contribution in [3.8, 4) is 0 Å². The third kappa shape index (κ3) is 7.74. The van der Waals surface area contributed by atoms with E-state index in [1.54, 1.807) is 52.0 Å². The molecule has 0 saturated heterocycles. The van der Waals surface area contributed by atoms with E-state index in [0.717, 1.165) is 4.47 Å². The predicted molar refractivity (Wildman–Crippen MR) is 118 cm³/mol. The highest BCUT2D eigenvalue weighted by molar-refractivity contribution is 9.10. The molecule has 1 aromatic carbocycles. The molecule has 2 atom stereocenters. The monoisotopic (exact) mass is 491 g/mol. The summed E-state index contributed by atoms with van der Waals surface area (Å²) >= 11 is 3.33. The zero-order valence-electron chi connectivity index (χ0n) is 17.4. The number of carbonyl (C=O) groups excluding carboxylic acids is 2. The molecule has 10 heteroatoms. The number of hydrogen-bond acceptors (Lipinski definition) is 4. The smallest absolute Gasteiger partial charge is 0.319 e. The van der Waals surface area contributed by atoms with Gasteiger partial charge in [-0.1, -0.05) is 57.0 Å². The fourth-order valence-electron chi connectivity index (χ4n) is 3.06. The van der Waals surface area contributed by atoms with Crippen molar-refractivity contribution in [3.63, 3.8) is 0 Å². The van der Waals surface area contributed by atoms with Crippen molar-refractivity contribution in [2.75, 3.05) is 5.32 Å². The summed E-state index contributed by atoms with van der Waals surface area (Å²) < 4.78 is 17.6. The molecule has 0 saturated carbocycles. The first-order valence-electron chi connectivity index (χ1n) is 9.58. The molecule has 0 spiro atoms. The maximum Gasteiger partial charge on any atom is 0.319 e. The van der Waals surface area contributed by atoms with Gasteiger partial charge in [-0.2, -0.15) is 0 Å². The quantitative estimate of drug-likeness (QED) is 0.288. The van der Waals surface area contributed by atoms with Crippen molar-refractivity contribution in [2.24, 2.45) is 11.8 Å². The number of hydrogen-bond donors (Lipinski definition) is 4. The molecule has 1 unspecified atom stereocenters. The van der Waals surface area contributed by atoms with Gasteiger partial charge in [0.05, 0.1) is 0 Å². The van der Waals surface area contributed by atoms with Crippen LogP contribution in [0.15, 0.2) is 28.7 Å². The van der Waals surface area contributed by atoms with Crippen molar-refractivity contribution in [3.05, 3.63) is 28.7 Å². The van der Waals surface area contributed by atoms with Gasteiger partial charge in [-0.15, -0.1) is 0 Å². The van der Waals surface area contributed by atoms with E-state index in [1.165, 1.54) is 0 Å². The lowest BCUT2D eigenvalue weighted by Gasteiger charge is -2.41. The summed E-state index contributed by atoms with van der Waals surface area (Å²) in [6, 6.07) is 5.70. The van der Waals surface area contributed by atoms with E-state index in [4.69, 9.17) is 4.52 Å². The number of rotatable bonds is 10. The van der Waals surface area contributed by atoms with Gasteiger partial charge in [-0.3, -0.25) is 13.9 Å². The Balaban J connectivity index is 2.94. The topological polar surface area (TPSA) is 117 Å². The fourth-order valence-corrected chi connectivity index (χ4v) is 4.13. The Morgan fingerprint density at radius 3 is 2.17 bits per heavy atom. The van der Waals surface area contributed by atoms with E-state index in [-0.39, 0.29) is 11.8 Å². The van der Waals surface area contributed by atoms with Gasteiger partial charge in [0.2, 0.25) is 5.91 Å². The van der Waals surface area contributed by atoms with Gasteiger partial charge in [-0.25, -0.2) is 4.79 Å². The number of urea groups is 1. The van der Waals surface area contributed by atoms with Gasteiger partial charge in [0.15, 0.2) is 5.72 Å². The lowest BCUT2D eigenvalue weighted by molar-refractivity contribution is -0.135. The van der Waals surface area contributed by atoms with Crippen LogP contribution in [0.2, 0.25) is 0 Å². The SMILES string of the molecule is CCC[C@H](NC(=O)Nc1ccc(Br)cc1)C(=O)NC(O[PH](=O)O)(C(C)C)C(C)C. The van der Waals surface area contributed by atoms with Crippen molar-refractivity contribution in [2.45, 2.75) is 59.2 Å². The number of amides is 3. The molecular formula is C19H31BrN3O5P. The maximum absolute atomic E-state index is 13.0. The van der Waals surface area contributed by atoms with Crippen molar-refractivity contribution >= 4 is 41.8 Å². The average molecular weight is 492 g/mol. The molecule has 0 fully saturated rings. The lowest BCUT2D eigenvalue weighted by Crippen LogP contribution is -2.61. The van der Waals surface area contributed by atoms with Crippen LogP contribution in [0.25, 0.3) is 0 Å². The largest absolute Gasteiger partial charge is 0.326 e. The summed E-state index contributed by atoms with van der Waals surface area (Å²) in [6.45, 7) is 9.10. The second-order valence-corrected chi connectivity index (χ2v) is 9.06. The molecule has 0 bridgehead atoms. The van der Waals surface area contributed by atoms with Crippen LogP contribution in [0.4, 0.5) is 10.5 Å². The molecular weight excluding hydrogens is 461 g/mol. The first kappa shape index (κ1) is 25.6. The van der Waals surface area contributed by atoms with E-state index in [9.17, 15) is 19.0 Å². The van der Waals surface area contributed by atoms with E-state index in [1.807, 2.05) is 6.92 Å². The summed E-state index contributed by atoms with van der Waals surface area (Å²) in [5.74, 6) is -1.01. The van der Waals surface area contributed by atoms with Gasteiger partial charge in [0, 0.05) is 22.0 Å². The molecule has 0 aliphatic carbocycles. The highest BCUT2D eigenvalue weighted by Gasteiger charge is 2.42. The summed E-state index contributed by atoms with van der Waals surface area (Å²) in [6.07, 6.45) is 1.06.